The van der Waals surface area contributed by atoms with Crippen LogP contribution in [0, 0.1) is 13.8 Å². The van der Waals surface area contributed by atoms with E-state index in [4.69, 9.17) is 11.6 Å². The zero-order valence-electron chi connectivity index (χ0n) is 10.6. The molecule has 2 aromatic heterocycles. The SMILES string of the molecule is Cc1cc(Nc2ccc(Cl)cc2)n2nc(C)nc2n1. The summed E-state index contributed by atoms with van der Waals surface area (Å²) in [6.45, 7) is 3.77. The Morgan fingerprint density at radius 3 is 2.58 bits per heavy atom. The summed E-state index contributed by atoms with van der Waals surface area (Å²) in [5.74, 6) is 2.11. The molecule has 0 radical (unpaired) electrons. The van der Waals surface area contributed by atoms with Crippen LogP contribution in [-0.2, 0) is 0 Å². The highest BCUT2D eigenvalue weighted by Gasteiger charge is 2.07. The topological polar surface area (TPSA) is 55.1 Å². The fourth-order valence-corrected chi connectivity index (χ4v) is 1.98. The summed E-state index contributed by atoms with van der Waals surface area (Å²) < 4.78 is 1.69. The molecule has 3 aromatic rings. The Morgan fingerprint density at radius 1 is 1.11 bits per heavy atom. The molecule has 1 aromatic carbocycles. The van der Waals surface area contributed by atoms with Crippen LogP contribution in [0.2, 0.25) is 5.02 Å². The van der Waals surface area contributed by atoms with Crippen molar-refractivity contribution in [3.63, 3.8) is 0 Å². The van der Waals surface area contributed by atoms with Gasteiger partial charge in [-0.25, -0.2) is 4.98 Å². The van der Waals surface area contributed by atoms with Crippen molar-refractivity contribution < 1.29 is 0 Å². The Kier molecular flexibility index (Phi) is 2.83. The number of hydrogen-bond acceptors (Lipinski definition) is 4. The number of nitrogens with zero attached hydrogens (tertiary/aromatic N) is 4. The molecule has 0 fully saturated rings. The van der Waals surface area contributed by atoms with Crippen LogP contribution in [-0.4, -0.2) is 19.6 Å². The Hall–Kier alpha value is -2.14. The normalized spacial score (nSPS) is 10.9. The molecular formula is C13H12ClN5. The summed E-state index contributed by atoms with van der Waals surface area (Å²) in [7, 11) is 0. The minimum atomic E-state index is 0.592. The molecular weight excluding hydrogens is 262 g/mol. The van der Waals surface area contributed by atoms with Crippen LogP contribution < -0.4 is 5.32 Å². The van der Waals surface area contributed by atoms with E-state index < -0.39 is 0 Å². The highest BCUT2D eigenvalue weighted by Crippen LogP contribution is 2.19. The van der Waals surface area contributed by atoms with Crippen LogP contribution in [0.15, 0.2) is 30.3 Å². The molecule has 96 valence electrons. The maximum Gasteiger partial charge on any atom is 0.254 e. The van der Waals surface area contributed by atoms with Gasteiger partial charge in [0.15, 0.2) is 0 Å². The van der Waals surface area contributed by atoms with Gasteiger partial charge in [0, 0.05) is 22.5 Å². The number of aromatic nitrogens is 4. The van der Waals surface area contributed by atoms with Crippen LogP contribution in [0.1, 0.15) is 11.5 Å². The third kappa shape index (κ3) is 2.37. The largest absolute Gasteiger partial charge is 0.340 e. The first-order chi connectivity index (χ1) is 9.11. The van der Waals surface area contributed by atoms with Crippen LogP contribution >= 0.6 is 11.6 Å². The Bertz CT molecular complexity index is 733. The minimum Gasteiger partial charge on any atom is -0.340 e. The molecule has 0 atom stereocenters. The van der Waals surface area contributed by atoms with Gasteiger partial charge in [-0.1, -0.05) is 11.6 Å². The van der Waals surface area contributed by atoms with Gasteiger partial charge in [0.05, 0.1) is 0 Å². The van der Waals surface area contributed by atoms with Crippen molar-refractivity contribution in [2.75, 3.05) is 5.32 Å². The number of benzene rings is 1. The van der Waals surface area contributed by atoms with E-state index in [2.05, 4.69) is 20.4 Å². The zero-order chi connectivity index (χ0) is 13.4. The zero-order valence-corrected chi connectivity index (χ0v) is 11.3. The smallest absolute Gasteiger partial charge is 0.254 e. The summed E-state index contributed by atoms with van der Waals surface area (Å²) in [6, 6.07) is 9.42. The molecule has 0 spiro atoms. The van der Waals surface area contributed by atoms with E-state index in [-0.39, 0.29) is 0 Å². The molecule has 0 saturated heterocycles. The van der Waals surface area contributed by atoms with Gasteiger partial charge < -0.3 is 5.32 Å². The highest BCUT2D eigenvalue weighted by atomic mass is 35.5. The molecule has 0 unspecified atom stereocenters. The molecule has 6 heteroatoms. The number of anilines is 2. The molecule has 0 saturated carbocycles. The summed E-state index contributed by atoms with van der Waals surface area (Å²) in [4.78, 5) is 8.61. The maximum absolute atomic E-state index is 5.87. The lowest BCUT2D eigenvalue weighted by molar-refractivity contribution is 0.917. The second-order valence-corrected chi connectivity index (χ2v) is 4.72. The number of rotatable bonds is 2. The third-order valence-electron chi connectivity index (χ3n) is 2.66. The van der Waals surface area contributed by atoms with E-state index >= 15 is 0 Å². The molecule has 1 N–H and O–H groups in total. The quantitative estimate of drug-likeness (QED) is 0.779. The van der Waals surface area contributed by atoms with Gasteiger partial charge in [-0.2, -0.15) is 9.50 Å². The van der Waals surface area contributed by atoms with Crippen molar-refractivity contribution in [1.29, 1.82) is 0 Å². The van der Waals surface area contributed by atoms with E-state index in [1.165, 1.54) is 0 Å². The van der Waals surface area contributed by atoms with Crippen LogP contribution in [0.5, 0.6) is 0 Å². The lowest BCUT2D eigenvalue weighted by Crippen LogP contribution is -2.02. The minimum absolute atomic E-state index is 0.592. The number of hydrogen-bond donors (Lipinski definition) is 1. The van der Waals surface area contributed by atoms with Crippen molar-refractivity contribution in [2.24, 2.45) is 0 Å². The summed E-state index contributed by atoms with van der Waals surface area (Å²) in [6.07, 6.45) is 0. The van der Waals surface area contributed by atoms with Crippen LogP contribution in [0.25, 0.3) is 5.78 Å². The second kappa shape index (κ2) is 4.51. The Labute approximate surface area is 115 Å². The molecule has 19 heavy (non-hydrogen) atoms. The van der Waals surface area contributed by atoms with Gasteiger partial charge in [-0.3, -0.25) is 0 Å². The second-order valence-electron chi connectivity index (χ2n) is 4.29. The average molecular weight is 274 g/mol. The number of halogens is 1. The van der Waals surface area contributed by atoms with Gasteiger partial charge in [0.1, 0.15) is 11.6 Å². The van der Waals surface area contributed by atoms with Gasteiger partial charge in [0.2, 0.25) is 0 Å². The van der Waals surface area contributed by atoms with Crippen molar-refractivity contribution >= 4 is 28.9 Å². The molecule has 2 heterocycles. The molecule has 5 nitrogen and oxygen atoms in total. The van der Waals surface area contributed by atoms with Crippen LogP contribution in [0.4, 0.5) is 11.5 Å². The average Bonchev–Trinajstić information content (AvgIpc) is 2.72. The predicted molar refractivity (Wildman–Crippen MR) is 75.0 cm³/mol. The summed E-state index contributed by atoms with van der Waals surface area (Å²) >= 11 is 5.87. The fourth-order valence-electron chi connectivity index (χ4n) is 1.86. The highest BCUT2D eigenvalue weighted by molar-refractivity contribution is 6.30. The van der Waals surface area contributed by atoms with Crippen LogP contribution in [0.3, 0.4) is 0 Å². The number of nitrogens with one attached hydrogen (secondary N) is 1. The van der Waals surface area contributed by atoms with Crippen molar-refractivity contribution in [2.45, 2.75) is 13.8 Å². The van der Waals surface area contributed by atoms with Gasteiger partial charge in [-0.15, -0.1) is 5.10 Å². The fraction of sp³-hybridized carbons (Fsp3) is 0.154. The lowest BCUT2D eigenvalue weighted by atomic mass is 10.3. The van der Waals surface area contributed by atoms with Gasteiger partial charge in [-0.05, 0) is 38.1 Å². The molecule has 0 aliphatic carbocycles. The van der Waals surface area contributed by atoms with Crippen molar-refractivity contribution in [3.8, 4) is 0 Å². The van der Waals surface area contributed by atoms with E-state index in [0.717, 1.165) is 17.2 Å². The Morgan fingerprint density at radius 2 is 1.84 bits per heavy atom. The monoisotopic (exact) mass is 273 g/mol. The van der Waals surface area contributed by atoms with E-state index in [1.54, 1.807) is 4.52 Å². The molecule has 0 aliphatic rings. The first kappa shape index (κ1) is 11.9. The first-order valence-electron chi connectivity index (χ1n) is 5.85. The third-order valence-corrected chi connectivity index (χ3v) is 2.91. The van der Waals surface area contributed by atoms with E-state index in [9.17, 15) is 0 Å². The van der Waals surface area contributed by atoms with E-state index in [1.807, 2.05) is 44.2 Å². The van der Waals surface area contributed by atoms with E-state index in [0.29, 0.717) is 16.6 Å². The van der Waals surface area contributed by atoms with Crippen molar-refractivity contribution in [3.05, 3.63) is 46.9 Å². The molecule has 3 rings (SSSR count). The number of aryl methyl sites for hydroxylation is 2. The van der Waals surface area contributed by atoms with Gasteiger partial charge in [0.25, 0.3) is 5.78 Å². The molecule has 0 amide bonds. The first-order valence-corrected chi connectivity index (χ1v) is 6.23. The Balaban J connectivity index is 2.06. The number of fused-ring (bicyclic) bond motifs is 1. The van der Waals surface area contributed by atoms with Gasteiger partial charge >= 0.3 is 0 Å². The predicted octanol–water partition coefficient (Wildman–Crippen LogP) is 3.14. The molecule has 0 aliphatic heterocycles. The summed E-state index contributed by atoms with van der Waals surface area (Å²) in [5.41, 5.74) is 1.82. The summed E-state index contributed by atoms with van der Waals surface area (Å²) in [5, 5.41) is 8.32. The standard InChI is InChI=1S/C13H12ClN5/c1-8-7-12(17-11-5-3-10(14)4-6-11)19-13(15-8)16-9(2)18-19/h3-7,17H,1-2H3. The van der Waals surface area contributed by atoms with Crippen molar-refractivity contribution in [1.82, 2.24) is 19.6 Å². The molecule has 0 bridgehead atoms. The maximum atomic E-state index is 5.87. The lowest BCUT2D eigenvalue weighted by Gasteiger charge is -2.08.